The predicted molar refractivity (Wildman–Crippen MR) is 236 cm³/mol. The van der Waals surface area contributed by atoms with Crippen LogP contribution in [0.3, 0.4) is 0 Å². The molecule has 0 spiro atoms. The summed E-state index contributed by atoms with van der Waals surface area (Å²) in [5, 5.41) is 12.3. The fourth-order valence-corrected chi connectivity index (χ4v) is 9.11. The zero-order valence-corrected chi connectivity index (χ0v) is 35.1. The van der Waals surface area contributed by atoms with E-state index in [0.717, 1.165) is 75.9 Å². The summed E-state index contributed by atoms with van der Waals surface area (Å²) in [6.07, 6.45) is -0.228. The maximum Gasteiger partial charge on any atom is 0.408 e. The standard InChI is InChI=1S/C50H51N5O8/c1-32-44(29-53-24-22-40(23-25-53)55-43-13-6-5-12-41(43)51-49(55)59)62-48(63-46(32)37-16-14-33(30-56)15-17-37)38-20-18-36(19-21-38)39-11-7-10-35(26-39)28-54-45(57)27-42(47(54)58)52-50(60)61-31-34-8-3-2-4-9-34/h2-21,26,32,40,42,44,46,48,56H,22-25,27-31H2,1H3,(H,51,59)(H,52,60). The van der Waals surface area contributed by atoms with Crippen LogP contribution in [0.5, 0.6) is 0 Å². The molecule has 0 bridgehead atoms. The van der Waals surface area contributed by atoms with Gasteiger partial charge in [0.1, 0.15) is 12.6 Å². The number of aromatic nitrogens is 2. The van der Waals surface area contributed by atoms with E-state index in [4.69, 9.17) is 14.2 Å². The molecule has 5 atom stereocenters. The van der Waals surface area contributed by atoms with Crippen molar-refractivity contribution in [3.63, 3.8) is 0 Å². The predicted octanol–water partition coefficient (Wildman–Crippen LogP) is 7.17. The van der Waals surface area contributed by atoms with Gasteiger partial charge in [-0.15, -0.1) is 0 Å². The molecule has 9 rings (SSSR count). The number of ether oxygens (including phenoxy) is 3. The summed E-state index contributed by atoms with van der Waals surface area (Å²) in [6.45, 7) is 4.64. The van der Waals surface area contributed by atoms with Gasteiger partial charge < -0.3 is 34.5 Å². The number of hydrogen-bond acceptors (Lipinski definition) is 9. The smallest absolute Gasteiger partial charge is 0.408 e. The second kappa shape index (κ2) is 18.5. The number of nitrogens with zero attached hydrogens (tertiary/aromatic N) is 3. The van der Waals surface area contributed by atoms with E-state index in [9.17, 15) is 24.3 Å². The maximum absolute atomic E-state index is 13.3. The first-order valence-corrected chi connectivity index (χ1v) is 21.6. The minimum absolute atomic E-state index is 0.0195. The Morgan fingerprint density at radius 2 is 1.51 bits per heavy atom. The number of imidazole rings is 1. The average Bonchev–Trinajstić information content (AvgIpc) is 3.79. The zero-order chi connectivity index (χ0) is 43.5. The number of nitrogens with one attached hydrogen (secondary N) is 2. The van der Waals surface area contributed by atoms with Crippen molar-refractivity contribution in [1.29, 1.82) is 0 Å². The molecule has 3 N–H and O–H groups in total. The Balaban J connectivity index is 0.860. The zero-order valence-electron chi connectivity index (χ0n) is 35.1. The van der Waals surface area contributed by atoms with Gasteiger partial charge in [0.2, 0.25) is 5.91 Å². The van der Waals surface area contributed by atoms with Gasteiger partial charge in [-0.25, -0.2) is 9.59 Å². The van der Waals surface area contributed by atoms with Gasteiger partial charge in [-0.1, -0.05) is 116 Å². The van der Waals surface area contributed by atoms with Gasteiger partial charge in [0.05, 0.1) is 42.8 Å². The number of alkyl carbamates (subject to hydrolysis) is 1. The number of fused-ring (bicyclic) bond motifs is 1. The number of aromatic amines is 1. The molecule has 1 aromatic heterocycles. The highest BCUT2D eigenvalue weighted by molar-refractivity contribution is 6.06. The van der Waals surface area contributed by atoms with Crippen LogP contribution >= 0.6 is 0 Å². The number of benzene rings is 5. The van der Waals surface area contributed by atoms with Gasteiger partial charge in [-0.2, -0.15) is 0 Å². The third-order valence-corrected chi connectivity index (χ3v) is 12.6. The molecule has 0 saturated carbocycles. The number of para-hydroxylation sites is 2. The molecule has 3 aliphatic rings. The van der Waals surface area contributed by atoms with Gasteiger partial charge in [0.25, 0.3) is 5.91 Å². The lowest BCUT2D eigenvalue weighted by Crippen LogP contribution is -2.47. The number of H-pyrrole nitrogens is 1. The molecule has 5 unspecified atom stereocenters. The summed E-state index contributed by atoms with van der Waals surface area (Å²) in [5.41, 5.74) is 7.89. The molecule has 13 heteroatoms. The van der Waals surface area contributed by atoms with Crippen LogP contribution in [0.25, 0.3) is 22.2 Å². The molecule has 6 aromatic rings. The van der Waals surface area contributed by atoms with Crippen LogP contribution in [0.4, 0.5) is 4.79 Å². The number of piperidine rings is 1. The molecule has 0 aliphatic carbocycles. The lowest BCUT2D eigenvalue weighted by Gasteiger charge is -2.44. The number of imide groups is 1. The third kappa shape index (κ3) is 9.23. The van der Waals surface area contributed by atoms with Crippen LogP contribution in [0.1, 0.15) is 72.4 Å². The number of hydrogen-bond donors (Lipinski definition) is 3. The van der Waals surface area contributed by atoms with Gasteiger partial charge in [-0.3, -0.25) is 19.1 Å². The SMILES string of the molecule is CC1C(CN2CCC(n3c(=O)[nH]c4ccccc43)CC2)OC(c2ccc(-c3cccc(CN4C(=O)CC(NC(=O)OCc5ccccc5)C4=O)c3)cc2)OC1c1ccc(CO)cc1. The molecule has 3 amide bonds. The molecule has 3 aliphatic heterocycles. The quantitative estimate of drug-likeness (QED) is 0.109. The van der Waals surface area contributed by atoms with Gasteiger partial charge >= 0.3 is 11.8 Å². The summed E-state index contributed by atoms with van der Waals surface area (Å²) in [7, 11) is 0. The Morgan fingerprint density at radius 1 is 0.794 bits per heavy atom. The molecule has 4 heterocycles. The first kappa shape index (κ1) is 41.9. The monoisotopic (exact) mass is 849 g/mol. The molecule has 3 fully saturated rings. The van der Waals surface area contributed by atoms with Crippen molar-refractivity contribution in [1.82, 2.24) is 24.7 Å². The van der Waals surface area contributed by atoms with Crippen molar-refractivity contribution < 1.29 is 33.7 Å². The second-order valence-corrected chi connectivity index (χ2v) is 16.8. The molecule has 3 saturated heterocycles. The summed E-state index contributed by atoms with van der Waals surface area (Å²) >= 11 is 0. The normalized spacial score (nSPS) is 22.1. The lowest BCUT2D eigenvalue weighted by molar-refractivity contribution is -0.276. The summed E-state index contributed by atoms with van der Waals surface area (Å²) in [6, 6.07) is 39.9. The van der Waals surface area contributed by atoms with E-state index in [2.05, 4.69) is 22.1 Å². The van der Waals surface area contributed by atoms with E-state index in [1.807, 2.05) is 132 Å². The van der Waals surface area contributed by atoms with Crippen molar-refractivity contribution in [3.8, 4) is 11.1 Å². The van der Waals surface area contributed by atoms with Gasteiger partial charge in [0.15, 0.2) is 6.29 Å². The molecule has 63 heavy (non-hydrogen) atoms. The Bertz CT molecular complexity index is 2620. The molecular weight excluding hydrogens is 799 g/mol. The van der Waals surface area contributed by atoms with Crippen molar-refractivity contribution in [2.45, 2.75) is 76.5 Å². The van der Waals surface area contributed by atoms with Gasteiger partial charge in [-0.05, 0) is 64.4 Å². The van der Waals surface area contributed by atoms with E-state index >= 15 is 0 Å². The summed E-state index contributed by atoms with van der Waals surface area (Å²) < 4.78 is 20.8. The topological polar surface area (TPSA) is 155 Å². The molecular formula is C50H51N5O8. The van der Waals surface area contributed by atoms with Crippen molar-refractivity contribution in [2.75, 3.05) is 19.6 Å². The number of carbonyl (C=O) groups is 3. The van der Waals surface area contributed by atoms with E-state index in [-0.39, 0.29) is 61.9 Å². The Hall–Kier alpha value is -6.38. The minimum Gasteiger partial charge on any atom is -0.445 e. The fourth-order valence-electron chi connectivity index (χ4n) is 9.11. The number of likely N-dealkylation sites (tertiary alicyclic amines) is 2. The number of carbonyl (C=O) groups excluding carboxylic acids is 3. The molecule has 0 radical (unpaired) electrons. The molecule has 5 aromatic carbocycles. The number of aliphatic hydroxyl groups is 1. The van der Waals surface area contributed by atoms with Crippen LogP contribution in [0, 0.1) is 5.92 Å². The second-order valence-electron chi connectivity index (χ2n) is 16.8. The fraction of sp³-hybridized carbons (Fsp3) is 0.320. The van der Waals surface area contributed by atoms with Crippen molar-refractivity contribution >= 4 is 28.9 Å². The Kier molecular flexibility index (Phi) is 12.3. The van der Waals surface area contributed by atoms with Crippen molar-refractivity contribution in [2.24, 2.45) is 5.92 Å². The average molecular weight is 850 g/mol. The largest absolute Gasteiger partial charge is 0.445 e. The number of rotatable bonds is 12. The summed E-state index contributed by atoms with van der Waals surface area (Å²) in [5.74, 6) is -0.815. The van der Waals surface area contributed by atoms with E-state index in [1.165, 1.54) is 4.90 Å². The maximum atomic E-state index is 13.3. The Labute approximate surface area is 365 Å². The molecule has 13 nitrogen and oxygen atoms in total. The lowest BCUT2D eigenvalue weighted by atomic mass is 9.89. The minimum atomic E-state index is -0.988. The Morgan fingerprint density at radius 3 is 2.27 bits per heavy atom. The van der Waals surface area contributed by atoms with Gasteiger partial charge in [0, 0.05) is 37.2 Å². The highest BCUT2D eigenvalue weighted by Crippen LogP contribution is 2.42. The van der Waals surface area contributed by atoms with E-state index in [1.54, 1.807) is 0 Å². The number of aliphatic hydroxyl groups excluding tert-OH is 1. The third-order valence-electron chi connectivity index (χ3n) is 12.6. The van der Waals surface area contributed by atoms with Crippen LogP contribution in [0.2, 0.25) is 0 Å². The van der Waals surface area contributed by atoms with Crippen LogP contribution in [0.15, 0.2) is 132 Å². The van der Waals surface area contributed by atoms with E-state index < -0.39 is 24.3 Å². The first-order valence-electron chi connectivity index (χ1n) is 21.6. The van der Waals surface area contributed by atoms with E-state index in [0.29, 0.717) is 6.54 Å². The molecule has 324 valence electrons. The van der Waals surface area contributed by atoms with Crippen molar-refractivity contribution in [3.05, 3.63) is 166 Å². The highest BCUT2D eigenvalue weighted by Gasteiger charge is 2.41. The number of amides is 3. The van der Waals surface area contributed by atoms with Crippen LogP contribution in [-0.2, 0) is 43.6 Å². The highest BCUT2D eigenvalue weighted by atomic mass is 16.7. The van der Waals surface area contributed by atoms with Crippen LogP contribution in [-0.4, -0.2) is 74.1 Å². The van der Waals surface area contributed by atoms with Crippen LogP contribution < -0.4 is 11.0 Å². The summed E-state index contributed by atoms with van der Waals surface area (Å²) in [4.78, 5) is 58.3. The first-order chi connectivity index (χ1) is 30.7.